The maximum absolute atomic E-state index is 11.2. The third-order valence-corrected chi connectivity index (χ3v) is 2.04. The monoisotopic (exact) mass is 211 g/mol. The lowest BCUT2D eigenvalue weighted by atomic mass is 10.1. The largest absolute Gasteiger partial charge is 0.386 e. The van der Waals surface area contributed by atoms with Gasteiger partial charge in [-0.15, -0.1) is 0 Å². The van der Waals surface area contributed by atoms with Crippen molar-refractivity contribution in [3.63, 3.8) is 0 Å². The molecule has 0 saturated heterocycles. The van der Waals surface area contributed by atoms with E-state index in [4.69, 9.17) is 5.26 Å². The maximum Gasteiger partial charge on any atom is 0.346 e. The molecule has 0 radical (unpaired) electrons. The van der Waals surface area contributed by atoms with Crippen molar-refractivity contribution >= 4 is 11.9 Å². The van der Waals surface area contributed by atoms with Crippen LogP contribution in [-0.4, -0.2) is 11.9 Å². The summed E-state index contributed by atoms with van der Waals surface area (Å²) in [5, 5.41) is 8.30. The summed E-state index contributed by atoms with van der Waals surface area (Å²) in [5.74, 6) is 4.06. The molecule has 2 rings (SSSR count). The lowest BCUT2D eigenvalue weighted by Gasteiger charge is -1.92. The van der Waals surface area contributed by atoms with Crippen molar-refractivity contribution in [3.8, 4) is 17.9 Å². The second kappa shape index (κ2) is 3.88. The zero-order valence-corrected chi connectivity index (χ0v) is 8.11. The molecule has 1 aromatic carbocycles. The minimum absolute atomic E-state index is 0.125. The number of carbonyl (C=O) groups excluding carboxylic acids is 2. The van der Waals surface area contributed by atoms with E-state index < -0.39 is 11.9 Å². The molecule has 0 N–H and O–H groups in total. The summed E-state index contributed by atoms with van der Waals surface area (Å²) in [6.07, 6.45) is 0.125. The number of esters is 2. The Morgan fingerprint density at radius 2 is 1.94 bits per heavy atom. The van der Waals surface area contributed by atoms with E-state index >= 15 is 0 Å². The first-order chi connectivity index (χ1) is 7.72. The SMILES string of the molecule is N#CCC#Cc1ccc2c(c1)C(=O)OC2=O. The van der Waals surface area contributed by atoms with E-state index in [1.54, 1.807) is 6.07 Å². The average molecular weight is 211 g/mol. The molecule has 0 atom stereocenters. The number of rotatable bonds is 0. The predicted octanol–water partition coefficient (Wildman–Crippen LogP) is 1.26. The second-order valence-electron chi connectivity index (χ2n) is 3.07. The molecule has 4 heteroatoms. The van der Waals surface area contributed by atoms with E-state index in [0.29, 0.717) is 5.56 Å². The molecule has 0 bridgehead atoms. The molecular formula is C12H5NO3. The van der Waals surface area contributed by atoms with E-state index in [-0.39, 0.29) is 17.5 Å². The highest BCUT2D eigenvalue weighted by Crippen LogP contribution is 2.20. The first kappa shape index (κ1) is 9.95. The van der Waals surface area contributed by atoms with Gasteiger partial charge in [0, 0.05) is 5.56 Å². The molecule has 0 spiro atoms. The summed E-state index contributed by atoms with van der Waals surface area (Å²) in [7, 11) is 0. The van der Waals surface area contributed by atoms with E-state index in [0.717, 1.165) is 0 Å². The number of nitrogens with zero attached hydrogens (tertiary/aromatic N) is 1. The van der Waals surface area contributed by atoms with Crippen molar-refractivity contribution in [2.24, 2.45) is 0 Å². The number of nitriles is 1. The van der Waals surface area contributed by atoms with Gasteiger partial charge in [0.1, 0.15) is 0 Å². The molecule has 1 aromatic rings. The van der Waals surface area contributed by atoms with Crippen LogP contribution in [0.2, 0.25) is 0 Å². The van der Waals surface area contributed by atoms with Crippen LogP contribution in [-0.2, 0) is 4.74 Å². The van der Waals surface area contributed by atoms with Crippen molar-refractivity contribution < 1.29 is 14.3 Å². The first-order valence-corrected chi connectivity index (χ1v) is 4.49. The number of carbonyl (C=O) groups is 2. The first-order valence-electron chi connectivity index (χ1n) is 4.49. The lowest BCUT2D eigenvalue weighted by Crippen LogP contribution is -1.96. The van der Waals surface area contributed by atoms with Crippen LogP contribution in [0, 0.1) is 23.2 Å². The summed E-state index contributed by atoms with van der Waals surface area (Å²) < 4.78 is 4.43. The van der Waals surface area contributed by atoms with Crippen LogP contribution in [0.3, 0.4) is 0 Å². The fourth-order valence-corrected chi connectivity index (χ4v) is 1.35. The van der Waals surface area contributed by atoms with Gasteiger partial charge >= 0.3 is 11.9 Å². The number of ether oxygens (including phenoxy) is 1. The highest BCUT2D eigenvalue weighted by Gasteiger charge is 2.29. The molecule has 0 aliphatic carbocycles. The predicted molar refractivity (Wildman–Crippen MR) is 53.3 cm³/mol. The number of fused-ring (bicyclic) bond motifs is 1. The number of benzene rings is 1. The van der Waals surface area contributed by atoms with E-state index in [9.17, 15) is 9.59 Å². The molecule has 16 heavy (non-hydrogen) atoms. The molecule has 0 amide bonds. The molecular weight excluding hydrogens is 206 g/mol. The van der Waals surface area contributed by atoms with Crippen LogP contribution in [0.5, 0.6) is 0 Å². The van der Waals surface area contributed by atoms with Gasteiger partial charge in [0.25, 0.3) is 0 Å². The zero-order valence-electron chi connectivity index (χ0n) is 8.11. The van der Waals surface area contributed by atoms with Gasteiger partial charge in [0.2, 0.25) is 0 Å². The van der Waals surface area contributed by atoms with Crippen LogP contribution in [0.1, 0.15) is 32.7 Å². The van der Waals surface area contributed by atoms with Crippen LogP contribution >= 0.6 is 0 Å². The van der Waals surface area contributed by atoms with Gasteiger partial charge in [0.05, 0.1) is 23.6 Å². The minimum atomic E-state index is -0.649. The maximum atomic E-state index is 11.2. The highest BCUT2D eigenvalue weighted by molar-refractivity contribution is 6.14. The lowest BCUT2D eigenvalue weighted by molar-refractivity contribution is 0.0444. The van der Waals surface area contributed by atoms with Crippen LogP contribution < -0.4 is 0 Å². The number of cyclic esters (lactones) is 2. The smallest absolute Gasteiger partial charge is 0.346 e. The van der Waals surface area contributed by atoms with E-state index in [2.05, 4.69) is 16.6 Å². The highest BCUT2D eigenvalue weighted by atomic mass is 16.6. The normalized spacial score (nSPS) is 12.2. The summed E-state index contributed by atoms with van der Waals surface area (Å²) in [5.41, 5.74) is 1.07. The quantitative estimate of drug-likeness (QED) is 0.368. The Bertz CT molecular complexity index is 585. The number of hydrogen-bond acceptors (Lipinski definition) is 4. The van der Waals surface area contributed by atoms with E-state index in [1.807, 2.05) is 6.07 Å². The van der Waals surface area contributed by atoms with E-state index in [1.165, 1.54) is 12.1 Å². The molecule has 1 aliphatic heterocycles. The van der Waals surface area contributed by atoms with Gasteiger partial charge in [-0.3, -0.25) is 0 Å². The minimum Gasteiger partial charge on any atom is -0.386 e. The summed E-state index contributed by atoms with van der Waals surface area (Å²) >= 11 is 0. The number of hydrogen-bond donors (Lipinski definition) is 0. The van der Waals surface area contributed by atoms with Gasteiger partial charge < -0.3 is 4.74 Å². The standard InChI is InChI=1S/C12H5NO3/c13-6-2-1-3-8-4-5-9-10(7-8)12(15)16-11(9)14/h4-5,7H,2H2. The fraction of sp³-hybridized carbons (Fsp3) is 0.0833. The fourth-order valence-electron chi connectivity index (χ4n) is 1.35. The molecule has 0 saturated carbocycles. The van der Waals surface area contributed by atoms with Crippen molar-refractivity contribution in [2.75, 3.05) is 0 Å². The molecule has 0 unspecified atom stereocenters. The van der Waals surface area contributed by atoms with Gasteiger partial charge in [-0.1, -0.05) is 11.8 Å². The Balaban J connectivity index is 2.39. The topological polar surface area (TPSA) is 67.2 Å². The van der Waals surface area contributed by atoms with Crippen molar-refractivity contribution in [2.45, 2.75) is 6.42 Å². The van der Waals surface area contributed by atoms with Gasteiger partial charge in [0.15, 0.2) is 0 Å². The third kappa shape index (κ3) is 1.65. The molecule has 0 fully saturated rings. The van der Waals surface area contributed by atoms with Crippen molar-refractivity contribution in [1.82, 2.24) is 0 Å². The molecule has 4 nitrogen and oxygen atoms in total. The second-order valence-corrected chi connectivity index (χ2v) is 3.07. The Labute approximate surface area is 91.4 Å². The summed E-state index contributed by atoms with van der Waals surface area (Å²) in [6, 6.07) is 6.49. The van der Waals surface area contributed by atoms with Crippen molar-refractivity contribution in [3.05, 3.63) is 34.9 Å². The Morgan fingerprint density at radius 1 is 1.19 bits per heavy atom. The van der Waals surface area contributed by atoms with Crippen LogP contribution in [0.4, 0.5) is 0 Å². The zero-order chi connectivity index (χ0) is 11.5. The Morgan fingerprint density at radius 3 is 2.69 bits per heavy atom. The molecule has 1 aliphatic rings. The van der Waals surface area contributed by atoms with Crippen molar-refractivity contribution in [1.29, 1.82) is 5.26 Å². The Kier molecular flexibility index (Phi) is 2.41. The van der Waals surface area contributed by atoms with Crippen LogP contribution in [0.15, 0.2) is 18.2 Å². The van der Waals surface area contributed by atoms with Gasteiger partial charge in [-0.25, -0.2) is 9.59 Å². The molecule has 1 heterocycles. The van der Waals surface area contributed by atoms with Gasteiger partial charge in [-0.2, -0.15) is 5.26 Å². The molecule has 0 aromatic heterocycles. The summed E-state index contributed by atoms with van der Waals surface area (Å²) in [6.45, 7) is 0. The average Bonchev–Trinajstić information content (AvgIpc) is 2.55. The molecule has 76 valence electrons. The van der Waals surface area contributed by atoms with Gasteiger partial charge in [-0.05, 0) is 18.2 Å². The Hall–Kier alpha value is -2.59. The summed E-state index contributed by atoms with van der Waals surface area (Å²) in [4.78, 5) is 22.3. The third-order valence-electron chi connectivity index (χ3n) is 2.04. The van der Waals surface area contributed by atoms with Crippen LogP contribution in [0.25, 0.3) is 0 Å².